The Bertz CT molecular complexity index is 345. The van der Waals surface area contributed by atoms with Gasteiger partial charge in [-0.3, -0.25) is 0 Å². The third kappa shape index (κ3) is 3.81. The van der Waals surface area contributed by atoms with Crippen molar-refractivity contribution >= 4 is 11.3 Å². The molecule has 3 heteroatoms. The maximum atomic E-state index is 3.79. The van der Waals surface area contributed by atoms with Crippen LogP contribution in [0.4, 0.5) is 0 Å². The molecule has 102 valence electrons. The fourth-order valence-corrected chi connectivity index (χ4v) is 3.45. The second kappa shape index (κ2) is 6.18. The minimum absolute atomic E-state index is 0.256. The molecule has 0 spiro atoms. The maximum Gasteiger partial charge on any atom is 0.0115 e. The molecule has 0 saturated carbocycles. The summed E-state index contributed by atoms with van der Waals surface area (Å²) in [7, 11) is 2.23. The zero-order chi connectivity index (χ0) is 13.0. The number of likely N-dealkylation sites (tertiary alicyclic amines) is 1. The SMILES string of the molecule is CN1CCCC(NCC(C)(C)c2cccs2)CC1. The lowest BCUT2D eigenvalue weighted by molar-refractivity contribution is 0.339. The van der Waals surface area contributed by atoms with Gasteiger partial charge < -0.3 is 10.2 Å². The van der Waals surface area contributed by atoms with E-state index in [0.29, 0.717) is 6.04 Å². The zero-order valence-corrected chi connectivity index (χ0v) is 12.7. The summed E-state index contributed by atoms with van der Waals surface area (Å²) >= 11 is 1.87. The van der Waals surface area contributed by atoms with Gasteiger partial charge in [0.25, 0.3) is 0 Å². The largest absolute Gasteiger partial charge is 0.313 e. The molecular weight excluding hydrogens is 240 g/mol. The van der Waals surface area contributed by atoms with E-state index in [1.807, 2.05) is 11.3 Å². The van der Waals surface area contributed by atoms with Gasteiger partial charge in [0, 0.05) is 22.9 Å². The molecule has 0 aromatic carbocycles. The molecule has 2 heterocycles. The van der Waals surface area contributed by atoms with Crippen molar-refractivity contribution in [1.82, 2.24) is 10.2 Å². The molecule has 2 rings (SSSR count). The Morgan fingerprint density at radius 1 is 1.39 bits per heavy atom. The van der Waals surface area contributed by atoms with Gasteiger partial charge in [0.2, 0.25) is 0 Å². The summed E-state index contributed by atoms with van der Waals surface area (Å²) in [4.78, 5) is 3.94. The lowest BCUT2D eigenvalue weighted by Crippen LogP contribution is -2.39. The summed E-state index contributed by atoms with van der Waals surface area (Å²) in [5.41, 5.74) is 0.256. The van der Waals surface area contributed by atoms with Crippen molar-refractivity contribution in [2.24, 2.45) is 0 Å². The molecule has 1 atom stereocenters. The van der Waals surface area contributed by atoms with E-state index in [0.717, 1.165) is 6.54 Å². The highest BCUT2D eigenvalue weighted by molar-refractivity contribution is 7.10. The molecule has 1 aliphatic rings. The van der Waals surface area contributed by atoms with Crippen LogP contribution < -0.4 is 5.32 Å². The number of rotatable bonds is 4. The third-order valence-electron chi connectivity index (χ3n) is 3.97. The highest BCUT2D eigenvalue weighted by atomic mass is 32.1. The molecule has 1 saturated heterocycles. The molecule has 0 aliphatic carbocycles. The van der Waals surface area contributed by atoms with Crippen LogP contribution in [0.15, 0.2) is 17.5 Å². The van der Waals surface area contributed by atoms with E-state index in [9.17, 15) is 0 Å². The van der Waals surface area contributed by atoms with Crippen LogP contribution in [0.1, 0.15) is 38.0 Å². The second-order valence-electron chi connectivity index (χ2n) is 6.17. The summed E-state index contributed by atoms with van der Waals surface area (Å²) in [6.45, 7) is 8.26. The van der Waals surface area contributed by atoms with Gasteiger partial charge in [0.15, 0.2) is 0 Å². The van der Waals surface area contributed by atoms with Crippen molar-refractivity contribution in [1.29, 1.82) is 0 Å². The monoisotopic (exact) mass is 266 g/mol. The summed E-state index contributed by atoms with van der Waals surface area (Å²) in [5, 5.41) is 5.97. The van der Waals surface area contributed by atoms with E-state index in [2.05, 4.69) is 48.6 Å². The first-order valence-corrected chi connectivity index (χ1v) is 7.92. The molecule has 0 amide bonds. The summed E-state index contributed by atoms with van der Waals surface area (Å²) < 4.78 is 0. The highest BCUT2D eigenvalue weighted by Gasteiger charge is 2.23. The molecule has 18 heavy (non-hydrogen) atoms. The van der Waals surface area contributed by atoms with Gasteiger partial charge in [-0.1, -0.05) is 19.9 Å². The van der Waals surface area contributed by atoms with Crippen LogP contribution in [0.5, 0.6) is 0 Å². The van der Waals surface area contributed by atoms with Crippen molar-refractivity contribution in [3.05, 3.63) is 22.4 Å². The van der Waals surface area contributed by atoms with E-state index >= 15 is 0 Å². The first kappa shape index (κ1) is 14.0. The van der Waals surface area contributed by atoms with Crippen molar-refractivity contribution in [3.8, 4) is 0 Å². The molecule has 1 aromatic heterocycles. The minimum Gasteiger partial charge on any atom is -0.313 e. The number of hydrogen-bond acceptors (Lipinski definition) is 3. The summed E-state index contributed by atoms with van der Waals surface area (Å²) in [5.74, 6) is 0. The third-order valence-corrected chi connectivity index (χ3v) is 5.21. The summed E-state index contributed by atoms with van der Waals surface area (Å²) in [6, 6.07) is 5.12. The van der Waals surface area contributed by atoms with E-state index in [-0.39, 0.29) is 5.41 Å². The number of hydrogen-bond donors (Lipinski definition) is 1. The van der Waals surface area contributed by atoms with Gasteiger partial charge in [-0.05, 0) is 50.8 Å². The first-order valence-electron chi connectivity index (χ1n) is 7.04. The number of thiophene rings is 1. The van der Waals surface area contributed by atoms with Crippen LogP contribution in [0, 0.1) is 0 Å². The van der Waals surface area contributed by atoms with E-state index in [4.69, 9.17) is 0 Å². The molecule has 1 aromatic rings. The lowest BCUT2D eigenvalue weighted by Gasteiger charge is -2.27. The predicted molar refractivity (Wildman–Crippen MR) is 80.5 cm³/mol. The van der Waals surface area contributed by atoms with Crippen molar-refractivity contribution in [2.75, 3.05) is 26.7 Å². The topological polar surface area (TPSA) is 15.3 Å². The zero-order valence-electron chi connectivity index (χ0n) is 11.9. The van der Waals surface area contributed by atoms with Gasteiger partial charge in [-0.2, -0.15) is 0 Å². The van der Waals surface area contributed by atoms with Crippen molar-refractivity contribution in [2.45, 2.75) is 44.6 Å². The molecule has 1 aliphatic heterocycles. The quantitative estimate of drug-likeness (QED) is 0.901. The van der Waals surface area contributed by atoms with E-state index < -0.39 is 0 Å². The predicted octanol–water partition coefficient (Wildman–Crippen LogP) is 3.10. The van der Waals surface area contributed by atoms with Gasteiger partial charge in [-0.25, -0.2) is 0 Å². The molecule has 1 fully saturated rings. The minimum atomic E-state index is 0.256. The molecule has 0 bridgehead atoms. The van der Waals surface area contributed by atoms with Crippen LogP contribution >= 0.6 is 11.3 Å². The normalized spacial score (nSPS) is 22.9. The second-order valence-corrected chi connectivity index (χ2v) is 7.12. The lowest BCUT2D eigenvalue weighted by atomic mass is 9.91. The molecule has 2 nitrogen and oxygen atoms in total. The van der Waals surface area contributed by atoms with Crippen LogP contribution in [-0.4, -0.2) is 37.6 Å². The van der Waals surface area contributed by atoms with E-state index in [1.165, 1.54) is 37.2 Å². The van der Waals surface area contributed by atoms with E-state index in [1.54, 1.807) is 0 Å². The number of nitrogens with zero attached hydrogens (tertiary/aromatic N) is 1. The van der Waals surface area contributed by atoms with Crippen LogP contribution in [0.3, 0.4) is 0 Å². The molecular formula is C15H26N2S. The Labute approximate surface area is 115 Å². The standard InChI is InChI=1S/C15H26N2S/c1-15(2,14-7-5-11-18-14)12-16-13-6-4-9-17(3)10-8-13/h5,7,11,13,16H,4,6,8-10,12H2,1-3H3. The van der Waals surface area contributed by atoms with Crippen molar-refractivity contribution in [3.63, 3.8) is 0 Å². The Morgan fingerprint density at radius 2 is 2.22 bits per heavy atom. The van der Waals surface area contributed by atoms with Crippen LogP contribution in [0.2, 0.25) is 0 Å². The average Bonchev–Trinajstić information content (AvgIpc) is 2.79. The maximum absolute atomic E-state index is 3.79. The Hall–Kier alpha value is -0.380. The van der Waals surface area contributed by atoms with Gasteiger partial charge in [0.05, 0.1) is 0 Å². The molecule has 1 unspecified atom stereocenters. The van der Waals surface area contributed by atoms with Gasteiger partial charge >= 0.3 is 0 Å². The van der Waals surface area contributed by atoms with Crippen LogP contribution in [0.25, 0.3) is 0 Å². The average molecular weight is 266 g/mol. The Morgan fingerprint density at radius 3 is 2.94 bits per heavy atom. The Kier molecular flexibility index (Phi) is 4.82. The van der Waals surface area contributed by atoms with Gasteiger partial charge in [-0.15, -0.1) is 11.3 Å². The fourth-order valence-electron chi connectivity index (χ4n) is 2.59. The van der Waals surface area contributed by atoms with Crippen LogP contribution in [-0.2, 0) is 5.41 Å². The molecule has 0 radical (unpaired) electrons. The summed E-state index contributed by atoms with van der Waals surface area (Å²) in [6.07, 6.45) is 3.94. The smallest absolute Gasteiger partial charge is 0.0115 e. The first-order chi connectivity index (χ1) is 8.58. The van der Waals surface area contributed by atoms with Gasteiger partial charge in [0.1, 0.15) is 0 Å². The highest BCUT2D eigenvalue weighted by Crippen LogP contribution is 2.27. The molecule has 1 N–H and O–H groups in total. The fraction of sp³-hybridized carbons (Fsp3) is 0.733. The van der Waals surface area contributed by atoms with Crippen molar-refractivity contribution < 1.29 is 0 Å². The Balaban J connectivity index is 1.83. The number of nitrogens with one attached hydrogen (secondary N) is 1.